The number of aliphatic carboxylic acids is 1. The van der Waals surface area contributed by atoms with E-state index in [-0.39, 0.29) is 12.5 Å². The third-order valence-corrected chi connectivity index (χ3v) is 4.14. The maximum atomic E-state index is 12.9. The summed E-state index contributed by atoms with van der Waals surface area (Å²) >= 11 is 0. The maximum Gasteiger partial charge on any atom is 0.312 e. The summed E-state index contributed by atoms with van der Waals surface area (Å²) in [4.78, 5) is 25.9. The highest BCUT2D eigenvalue weighted by Crippen LogP contribution is 2.37. The molecule has 1 aliphatic rings. The Hall–Kier alpha value is -3.02. The average molecular weight is 327 g/mol. The summed E-state index contributed by atoms with van der Waals surface area (Å²) in [6, 6.07) is 12.0. The second kappa shape index (κ2) is 6.23. The molecule has 6 heteroatoms. The van der Waals surface area contributed by atoms with E-state index in [2.05, 4.69) is 0 Å². The smallest absolute Gasteiger partial charge is 0.312 e. The van der Waals surface area contributed by atoms with Crippen molar-refractivity contribution < 1.29 is 24.2 Å². The van der Waals surface area contributed by atoms with Gasteiger partial charge in [0.2, 0.25) is 0 Å². The van der Waals surface area contributed by atoms with Crippen LogP contribution in [-0.4, -0.2) is 37.7 Å². The zero-order valence-corrected chi connectivity index (χ0v) is 13.4. The summed E-state index contributed by atoms with van der Waals surface area (Å²) < 4.78 is 10.4. The molecule has 0 saturated carbocycles. The van der Waals surface area contributed by atoms with Gasteiger partial charge in [-0.25, -0.2) is 0 Å². The molecule has 1 atom stereocenters. The highest BCUT2D eigenvalue weighted by Gasteiger charge is 2.36. The number of hydrogen-bond donors (Lipinski definition) is 1. The lowest BCUT2D eigenvalue weighted by atomic mass is 10.0. The van der Waals surface area contributed by atoms with Crippen LogP contribution in [0.4, 0.5) is 5.69 Å². The van der Waals surface area contributed by atoms with Crippen molar-refractivity contribution in [3.05, 3.63) is 53.6 Å². The largest absolute Gasteiger partial charge is 0.493 e. The molecule has 1 amide bonds. The fourth-order valence-corrected chi connectivity index (χ4v) is 2.94. The summed E-state index contributed by atoms with van der Waals surface area (Å²) in [7, 11) is 3.02. The molecule has 0 unspecified atom stereocenters. The number of carboxylic acids is 1. The molecule has 0 bridgehead atoms. The standard InChI is InChI=1S/C18H17NO5/c1-23-15-8-7-11(9-16(15)24-2)17(20)19-10-13(18(21)22)12-5-3-4-6-14(12)19/h3-9,13H,10H2,1-2H3,(H,21,22)/t13-/m0/s1. The molecule has 0 radical (unpaired) electrons. The van der Waals surface area contributed by atoms with E-state index in [9.17, 15) is 14.7 Å². The molecule has 0 spiro atoms. The Morgan fingerprint density at radius 1 is 1.08 bits per heavy atom. The minimum atomic E-state index is -0.940. The van der Waals surface area contributed by atoms with Crippen LogP contribution in [0, 0.1) is 0 Å². The van der Waals surface area contributed by atoms with Gasteiger partial charge in [0.15, 0.2) is 11.5 Å². The molecule has 0 fully saturated rings. The number of carboxylic acid groups (broad SMARTS) is 1. The molecule has 1 N–H and O–H groups in total. The molecule has 0 saturated heterocycles. The van der Waals surface area contributed by atoms with Gasteiger partial charge in [-0.2, -0.15) is 0 Å². The van der Waals surface area contributed by atoms with Crippen LogP contribution in [0.3, 0.4) is 0 Å². The molecular weight excluding hydrogens is 310 g/mol. The van der Waals surface area contributed by atoms with Crippen LogP contribution >= 0.6 is 0 Å². The lowest BCUT2D eigenvalue weighted by Gasteiger charge is -2.18. The number of hydrogen-bond acceptors (Lipinski definition) is 4. The van der Waals surface area contributed by atoms with Crippen LogP contribution in [0.25, 0.3) is 0 Å². The summed E-state index contributed by atoms with van der Waals surface area (Å²) in [5.74, 6) is -0.951. The van der Waals surface area contributed by atoms with Crippen LogP contribution in [0.1, 0.15) is 21.8 Å². The van der Waals surface area contributed by atoms with Crippen molar-refractivity contribution in [1.29, 1.82) is 0 Å². The van der Waals surface area contributed by atoms with Crippen molar-refractivity contribution in [3.8, 4) is 11.5 Å². The van der Waals surface area contributed by atoms with Gasteiger partial charge in [0.25, 0.3) is 5.91 Å². The summed E-state index contributed by atoms with van der Waals surface area (Å²) in [6.45, 7) is 0.113. The molecule has 2 aromatic rings. The van der Waals surface area contributed by atoms with Crippen molar-refractivity contribution in [2.45, 2.75) is 5.92 Å². The minimum absolute atomic E-state index is 0.113. The Morgan fingerprint density at radius 3 is 2.46 bits per heavy atom. The van der Waals surface area contributed by atoms with E-state index in [0.717, 1.165) is 0 Å². The minimum Gasteiger partial charge on any atom is -0.493 e. The van der Waals surface area contributed by atoms with E-state index in [1.165, 1.54) is 19.1 Å². The topological polar surface area (TPSA) is 76.1 Å². The Morgan fingerprint density at radius 2 is 1.79 bits per heavy atom. The van der Waals surface area contributed by atoms with Gasteiger partial charge in [0.05, 0.1) is 14.2 Å². The van der Waals surface area contributed by atoms with Crippen LogP contribution in [0.15, 0.2) is 42.5 Å². The second-order valence-corrected chi connectivity index (χ2v) is 5.44. The predicted octanol–water partition coefficient (Wildman–Crippen LogP) is 2.53. The van der Waals surface area contributed by atoms with E-state index in [1.54, 1.807) is 42.5 Å². The van der Waals surface area contributed by atoms with E-state index >= 15 is 0 Å². The zero-order valence-electron chi connectivity index (χ0n) is 13.4. The lowest BCUT2D eigenvalue weighted by molar-refractivity contribution is -0.138. The first-order valence-corrected chi connectivity index (χ1v) is 7.42. The van der Waals surface area contributed by atoms with E-state index in [4.69, 9.17) is 9.47 Å². The Kier molecular flexibility index (Phi) is 4.12. The molecule has 24 heavy (non-hydrogen) atoms. The average Bonchev–Trinajstić information content (AvgIpc) is 3.00. The number of para-hydroxylation sites is 1. The molecule has 6 nitrogen and oxygen atoms in total. The molecule has 2 aromatic carbocycles. The van der Waals surface area contributed by atoms with Crippen molar-refractivity contribution in [2.24, 2.45) is 0 Å². The van der Waals surface area contributed by atoms with Crippen molar-refractivity contribution in [2.75, 3.05) is 25.7 Å². The van der Waals surface area contributed by atoms with Gasteiger partial charge >= 0.3 is 5.97 Å². The van der Waals surface area contributed by atoms with Crippen molar-refractivity contribution in [1.82, 2.24) is 0 Å². The van der Waals surface area contributed by atoms with Gasteiger partial charge < -0.3 is 19.5 Å². The number of carbonyl (C=O) groups is 2. The Balaban J connectivity index is 1.98. The van der Waals surface area contributed by atoms with Crippen LogP contribution in [0.2, 0.25) is 0 Å². The van der Waals surface area contributed by atoms with E-state index in [1.807, 2.05) is 0 Å². The van der Waals surface area contributed by atoms with Gasteiger partial charge in [0, 0.05) is 17.8 Å². The molecule has 0 aromatic heterocycles. The number of ether oxygens (including phenoxy) is 2. The molecule has 1 heterocycles. The highest BCUT2D eigenvalue weighted by atomic mass is 16.5. The fourth-order valence-electron chi connectivity index (χ4n) is 2.94. The lowest BCUT2D eigenvalue weighted by Crippen LogP contribution is -2.31. The Bertz CT molecular complexity index is 802. The molecule has 0 aliphatic carbocycles. The quantitative estimate of drug-likeness (QED) is 0.934. The monoisotopic (exact) mass is 327 g/mol. The first kappa shape index (κ1) is 15.9. The third-order valence-electron chi connectivity index (χ3n) is 4.14. The van der Waals surface area contributed by atoms with Crippen LogP contribution in [-0.2, 0) is 4.79 Å². The molecule has 124 valence electrons. The van der Waals surface area contributed by atoms with Crippen molar-refractivity contribution >= 4 is 17.6 Å². The van der Waals surface area contributed by atoms with Crippen LogP contribution in [0.5, 0.6) is 11.5 Å². The zero-order chi connectivity index (χ0) is 17.3. The van der Waals surface area contributed by atoms with Gasteiger partial charge in [-0.15, -0.1) is 0 Å². The molecule has 3 rings (SSSR count). The van der Waals surface area contributed by atoms with E-state index in [0.29, 0.717) is 28.3 Å². The first-order valence-electron chi connectivity index (χ1n) is 7.42. The Labute approximate surface area is 139 Å². The molecule has 1 aliphatic heterocycles. The SMILES string of the molecule is COc1ccc(C(=O)N2C[C@H](C(=O)O)c3ccccc32)cc1OC. The third kappa shape index (κ3) is 2.56. The second-order valence-electron chi connectivity index (χ2n) is 5.44. The number of nitrogens with zero attached hydrogens (tertiary/aromatic N) is 1. The number of amides is 1. The predicted molar refractivity (Wildman–Crippen MR) is 88.0 cm³/mol. The number of rotatable bonds is 4. The van der Waals surface area contributed by atoms with Gasteiger partial charge in [0.1, 0.15) is 5.92 Å². The molecular formula is C18H17NO5. The summed E-state index contributed by atoms with van der Waals surface area (Å²) in [6.07, 6.45) is 0. The first-order chi connectivity index (χ1) is 11.6. The van der Waals surface area contributed by atoms with E-state index < -0.39 is 11.9 Å². The van der Waals surface area contributed by atoms with Gasteiger partial charge in [-0.3, -0.25) is 9.59 Å². The number of carbonyl (C=O) groups excluding carboxylic acids is 1. The number of anilines is 1. The van der Waals surface area contributed by atoms with Crippen LogP contribution < -0.4 is 14.4 Å². The summed E-state index contributed by atoms with van der Waals surface area (Å²) in [5.41, 5.74) is 1.69. The number of methoxy groups -OCH3 is 2. The van der Waals surface area contributed by atoms with Gasteiger partial charge in [-0.1, -0.05) is 18.2 Å². The normalized spacial score (nSPS) is 15.8. The maximum absolute atomic E-state index is 12.9. The fraction of sp³-hybridized carbons (Fsp3) is 0.222. The summed E-state index contributed by atoms with van der Waals surface area (Å²) in [5, 5.41) is 9.41. The van der Waals surface area contributed by atoms with Gasteiger partial charge in [-0.05, 0) is 29.8 Å². The number of fused-ring (bicyclic) bond motifs is 1. The number of benzene rings is 2. The van der Waals surface area contributed by atoms with Crippen molar-refractivity contribution in [3.63, 3.8) is 0 Å². The highest BCUT2D eigenvalue weighted by molar-refractivity contribution is 6.09.